The number of H-pyrrole nitrogens is 1. The Hall–Kier alpha value is -2.60. The molecule has 0 aliphatic carbocycles. The first-order valence-electron chi connectivity index (χ1n) is 7.29. The van der Waals surface area contributed by atoms with Gasteiger partial charge in [0.1, 0.15) is 10.7 Å². The van der Waals surface area contributed by atoms with E-state index in [1.807, 2.05) is 44.2 Å². The van der Waals surface area contributed by atoms with Crippen LogP contribution in [0, 0.1) is 5.92 Å². The zero-order valence-electron chi connectivity index (χ0n) is 13.4. The summed E-state index contributed by atoms with van der Waals surface area (Å²) in [6, 6.07) is 9.36. The van der Waals surface area contributed by atoms with E-state index in [-0.39, 0.29) is 18.1 Å². The van der Waals surface area contributed by atoms with Crippen LogP contribution in [0.3, 0.4) is 0 Å². The maximum atomic E-state index is 12.4. The van der Waals surface area contributed by atoms with Crippen molar-refractivity contribution in [2.24, 2.45) is 5.92 Å². The molecule has 0 fully saturated rings. The molecule has 0 aliphatic rings. The van der Waals surface area contributed by atoms with Crippen LogP contribution in [0.5, 0.6) is 0 Å². The second kappa shape index (κ2) is 7.60. The van der Waals surface area contributed by atoms with Crippen molar-refractivity contribution in [1.82, 2.24) is 9.71 Å². The van der Waals surface area contributed by atoms with Crippen LogP contribution in [-0.2, 0) is 4.74 Å². The fraction of sp³-hybridized carbons (Fsp3) is 0.294. The molecule has 0 aliphatic heterocycles. The van der Waals surface area contributed by atoms with E-state index in [0.717, 1.165) is 10.3 Å². The summed E-state index contributed by atoms with van der Waals surface area (Å²) in [5.74, 6) is 0.136. The highest BCUT2D eigenvalue weighted by atomic mass is 16.8. The van der Waals surface area contributed by atoms with E-state index < -0.39 is 11.1 Å². The van der Waals surface area contributed by atoms with Gasteiger partial charge in [-0.15, -0.1) is 0 Å². The number of aromatic nitrogens is 2. The number of hydrogen-bond acceptors (Lipinski definition) is 4. The van der Waals surface area contributed by atoms with Crippen molar-refractivity contribution in [1.29, 1.82) is 0 Å². The summed E-state index contributed by atoms with van der Waals surface area (Å²) < 4.78 is 5.51. The Morgan fingerprint density at radius 2 is 1.78 bits per heavy atom. The van der Waals surface area contributed by atoms with E-state index in [1.165, 1.54) is 7.11 Å². The normalized spacial score (nSPS) is 12.9. The molecule has 1 aromatic carbocycles. The van der Waals surface area contributed by atoms with E-state index in [0.29, 0.717) is 5.35 Å². The summed E-state index contributed by atoms with van der Waals surface area (Å²) in [6.07, 6.45) is 3.42. The third-order valence-corrected chi connectivity index (χ3v) is 3.01. The molecule has 2 rings (SSSR count). The van der Waals surface area contributed by atoms with Crippen molar-refractivity contribution in [3.8, 4) is 0 Å². The zero-order valence-corrected chi connectivity index (χ0v) is 13.4. The average Bonchev–Trinajstić information content (AvgIpc) is 2.52. The molecule has 0 saturated heterocycles. The van der Waals surface area contributed by atoms with Crippen LogP contribution in [0.15, 0.2) is 39.9 Å². The molecule has 0 radical (unpaired) electrons. The van der Waals surface area contributed by atoms with Crippen LogP contribution < -0.4 is 26.7 Å². The number of aromatic amines is 1. The number of rotatable bonds is 5. The minimum Gasteiger partial charge on any atom is -0.378 e. The van der Waals surface area contributed by atoms with Crippen molar-refractivity contribution >= 4 is 12.2 Å². The summed E-state index contributed by atoms with van der Waals surface area (Å²) in [7, 11) is 1.42. The second-order valence-corrected chi connectivity index (χ2v) is 5.36. The quantitative estimate of drug-likeness (QED) is 0.778. The van der Waals surface area contributed by atoms with Gasteiger partial charge in [-0.1, -0.05) is 55.0 Å². The Kier molecular flexibility index (Phi) is 5.54. The van der Waals surface area contributed by atoms with E-state index in [4.69, 9.17) is 9.57 Å². The summed E-state index contributed by atoms with van der Waals surface area (Å²) in [6.45, 7) is 3.70. The predicted octanol–water partition coefficient (Wildman–Crippen LogP) is -0.166. The van der Waals surface area contributed by atoms with Crippen LogP contribution in [-0.4, -0.2) is 23.6 Å². The zero-order chi connectivity index (χ0) is 16.8. The van der Waals surface area contributed by atoms with Gasteiger partial charge >= 0.3 is 11.1 Å². The Balaban J connectivity index is 2.75. The number of methoxy groups -OCH3 is 1. The van der Waals surface area contributed by atoms with Gasteiger partial charge in [-0.25, -0.2) is 0 Å². The lowest BCUT2D eigenvalue weighted by atomic mass is 10.2. The first kappa shape index (κ1) is 16.8. The maximum Gasteiger partial charge on any atom is 0.310 e. The number of nitrogens with one attached hydrogen (secondary N) is 1. The van der Waals surface area contributed by atoms with Crippen LogP contribution in [0.25, 0.3) is 12.2 Å². The van der Waals surface area contributed by atoms with Gasteiger partial charge in [0.05, 0.1) is 0 Å². The van der Waals surface area contributed by atoms with Crippen LogP contribution in [0.1, 0.15) is 19.4 Å². The fourth-order valence-corrected chi connectivity index (χ4v) is 2.05. The summed E-state index contributed by atoms with van der Waals surface area (Å²) >= 11 is 0. The SMILES string of the molecule is COCOn1c(=O)/c(=C/C(C)C)[nH]/c(=C/c2ccccc2)c1=O. The van der Waals surface area contributed by atoms with Gasteiger partial charge in [-0.2, -0.15) is 0 Å². The lowest BCUT2D eigenvalue weighted by Gasteiger charge is -2.06. The highest BCUT2D eigenvalue weighted by Gasteiger charge is 2.07. The van der Waals surface area contributed by atoms with Gasteiger partial charge in [0.15, 0.2) is 0 Å². The van der Waals surface area contributed by atoms with E-state index in [9.17, 15) is 9.59 Å². The summed E-state index contributed by atoms with van der Waals surface area (Å²) in [4.78, 5) is 32.8. The van der Waals surface area contributed by atoms with Crippen LogP contribution >= 0.6 is 0 Å². The molecule has 6 heteroatoms. The largest absolute Gasteiger partial charge is 0.378 e. The van der Waals surface area contributed by atoms with Gasteiger partial charge in [-0.05, 0) is 17.6 Å². The first-order valence-corrected chi connectivity index (χ1v) is 7.29. The first-order chi connectivity index (χ1) is 11.0. The third kappa shape index (κ3) is 4.20. The number of ether oxygens (including phenoxy) is 1. The Bertz CT molecular complexity index is 880. The highest BCUT2D eigenvalue weighted by Crippen LogP contribution is 1.97. The highest BCUT2D eigenvalue weighted by molar-refractivity contribution is 5.47. The minimum absolute atomic E-state index is 0.136. The monoisotopic (exact) mass is 316 g/mol. The van der Waals surface area contributed by atoms with E-state index in [2.05, 4.69) is 4.98 Å². The number of nitrogens with zero attached hydrogens (tertiary/aromatic N) is 1. The molecule has 0 bridgehead atoms. The summed E-state index contributed by atoms with van der Waals surface area (Å²) in [5, 5.41) is 0.566. The molecular formula is C17H20N2O4. The van der Waals surface area contributed by atoms with Gasteiger partial charge in [0.2, 0.25) is 6.79 Å². The molecule has 0 saturated carbocycles. The molecular weight excluding hydrogens is 296 g/mol. The molecule has 1 aromatic heterocycles. The molecule has 0 spiro atoms. The van der Waals surface area contributed by atoms with Gasteiger partial charge in [0.25, 0.3) is 0 Å². The molecule has 6 nitrogen and oxygen atoms in total. The summed E-state index contributed by atoms with van der Waals surface area (Å²) in [5.41, 5.74) is -0.254. The van der Waals surface area contributed by atoms with Gasteiger partial charge < -0.3 is 14.6 Å². The van der Waals surface area contributed by atoms with Crippen molar-refractivity contribution in [3.63, 3.8) is 0 Å². The number of hydrogen-bond donors (Lipinski definition) is 1. The molecule has 122 valence electrons. The average molecular weight is 316 g/mol. The van der Waals surface area contributed by atoms with E-state index >= 15 is 0 Å². The lowest BCUT2D eigenvalue weighted by Crippen LogP contribution is -2.55. The van der Waals surface area contributed by atoms with E-state index in [1.54, 1.807) is 12.2 Å². The van der Waals surface area contributed by atoms with Gasteiger partial charge in [-0.3, -0.25) is 9.59 Å². The van der Waals surface area contributed by atoms with Crippen molar-refractivity contribution in [2.45, 2.75) is 13.8 Å². The van der Waals surface area contributed by atoms with Crippen LogP contribution in [0.4, 0.5) is 0 Å². The molecule has 2 aromatic rings. The molecule has 0 unspecified atom stereocenters. The lowest BCUT2D eigenvalue weighted by molar-refractivity contribution is -0.0462. The predicted molar refractivity (Wildman–Crippen MR) is 88.3 cm³/mol. The molecule has 0 amide bonds. The number of benzene rings is 1. The fourth-order valence-electron chi connectivity index (χ4n) is 2.05. The second-order valence-electron chi connectivity index (χ2n) is 5.36. The van der Waals surface area contributed by atoms with Crippen molar-refractivity contribution in [3.05, 3.63) is 67.3 Å². The smallest absolute Gasteiger partial charge is 0.310 e. The van der Waals surface area contributed by atoms with Gasteiger partial charge in [0, 0.05) is 7.11 Å². The molecule has 23 heavy (non-hydrogen) atoms. The maximum absolute atomic E-state index is 12.4. The standard InChI is InChI=1S/C17H20N2O4/c1-12(2)9-14-16(20)19(23-11-22-3)17(21)15(18-14)10-13-7-5-4-6-8-13/h4-10,12,18H,11H2,1-3H3/b14-9-,15-10+. The molecule has 1 heterocycles. The Labute approximate surface area is 133 Å². The Morgan fingerprint density at radius 3 is 2.39 bits per heavy atom. The third-order valence-electron chi connectivity index (χ3n) is 3.01. The topological polar surface area (TPSA) is 73.3 Å². The molecule has 0 atom stereocenters. The Morgan fingerprint density at radius 1 is 1.13 bits per heavy atom. The van der Waals surface area contributed by atoms with Crippen molar-refractivity contribution in [2.75, 3.05) is 13.9 Å². The van der Waals surface area contributed by atoms with Crippen molar-refractivity contribution < 1.29 is 9.57 Å². The van der Waals surface area contributed by atoms with Crippen LogP contribution in [0.2, 0.25) is 0 Å². The molecule has 1 N–H and O–H groups in total. The minimum atomic E-state index is -0.559.